The van der Waals surface area contributed by atoms with E-state index in [9.17, 15) is 0 Å². The van der Waals surface area contributed by atoms with Crippen molar-refractivity contribution in [2.24, 2.45) is 5.92 Å². The van der Waals surface area contributed by atoms with Gasteiger partial charge < -0.3 is 5.32 Å². The fourth-order valence-corrected chi connectivity index (χ4v) is 2.19. The first-order valence-corrected chi connectivity index (χ1v) is 6.19. The zero-order chi connectivity index (χ0) is 12.1. The lowest BCUT2D eigenvalue weighted by molar-refractivity contribution is 0.357. The fourth-order valence-electron chi connectivity index (χ4n) is 2.19. The van der Waals surface area contributed by atoms with E-state index in [-0.39, 0.29) is 0 Å². The van der Waals surface area contributed by atoms with Gasteiger partial charge in [-0.05, 0) is 43.0 Å². The zero-order valence-corrected chi connectivity index (χ0v) is 10.2. The Labute approximate surface area is 103 Å². The van der Waals surface area contributed by atoms with Gasteiger partial charge in [0.25, 0.3) is 0 Å². The second kappa shape index (κ2) is 5.65. The molecule has 1 aromatic rings. The molecule has 2 unspecified atom stereocenters. The van der Waals surface area contributed by atoms with Crippen LogP contribution in [0.1, 0.15) is 30.9 Å². The van der Waals surface area contributed by atoms with E-state index in [1.165, 1.54) is 12.8 Å². The molecule has 0 amide bonds. The monoisotopic (exact) mass is 226 g/mol. The van der Waals surface area contributed by atoms with Crippen LogP contribution in [0.15, 0.2) is 30.3 Å². The number of nitriles is 1. The highest BCUT2D eigenvalue weighted by Crippen LogP contribution is 2.16. The number of hydrogen-bond donors (Lipinski definition) is 1. The quantitative estimate of drug-likeness (QED) is 0.841. The zero-order valence-electron chi connectivity index (χ0n) is 10.2. The lowest BCUT2D eigenvalue weighted by atomic mass is 9.94. The van der Waals surface area contributed by atoms with Crippen molar-refractivity contribution in [1.29, 1.82) is 5.26 Å². The van der Waals surface area contributed by atoms with Crippen LogP contribution in [0, 0.1) is 17.2 Å². The van der Waals surface area contributed by atoms with Crippen LogP contribution < -0.4 is 5.32 Å². The molecule has 2 nitrogen and oxygen atoms in total. The molecular formula is C15H18N2. The molecule has 1 heterocycles. The predicted molar refractivity (Wildman–Crippen MR) is 70.4 cm³/mol. The lowest BCUT2D eigenvalue weighted by Crippen LogP contribution is -2.35. The van der Waals surface area contributed by atoms with Crippen molar-refractivity contribution in [2.75, 3.05) is 6.54 Å². The van der Waals surface area contributed by atoms with E-state index in [2.05, 4.69) is 30.5 Å². The van der Waals surface area contributed by atoms with Crippen LogP contribution in [0.5, 0.6) is 0 Å². The van der Waals surface area contributed by atoms with Crippen molar-refractivity contribution in [3.63, 3.8) is 0 Å². The smallest absolute Gasteiger partial charge is 0.0991 e. The third kappa shape index (κ3) is 3.44. The summed E-state index contributed by atoms with van der Waals surface area (Å²) >= 11 is 0. The minimum absolute atomic E-state index is 0.495. The van der Waals surface area contributed by atoms with Crippen LogP contribution in [-0.4, -0.2) is 12.6 Å². The van der Waals surface area contributed by atoms with E-state index in [0.29, 0.717) is 11.6 Å². The molecule has 1 aliphatic rings. The average molecular weight is 226 g/mol. The Kier molecular flexibility index (Phi) is 3.95. The Morgan fingerprint density at radius 2 is 2.12 bits per heavy atom. The summed E-state index contributed by atoms with van der Waals surface area (Å²) in [4.78, 5) is 0. The summed E-state index contributed by atoms with van der Waals surface area (Å²) < 4.78 is 0. The van der Waals surface area contributed by atoms with Crippen molar-refractivity contribution in [3.8, 4) is 6.07 Å². The molecule has 1 saturated heterocycles. The molecule has 2 heteroatoms. The van der Waals surface area contributed by atoms with Crippen molar-refractivity contribution in [3.05, 3.63) is 41.5 Å². The molecule has 0 spiro atoms. The molecule has 1 N–H and O–H groups in total. The summed E-state index contributed by atoms with van der Waals surface area (Å²) in [5, 5.41) is 12.2. The van der Waals surface area contributed by atoms with Crippen LogP contribution in [0.25, 0.3) is 6.08 Å². The molecule has 2 rings (SSSR count). The van der Waals surface area contributed by atoms with E-state index >= 15 is 0 Å². The molecule has 2 atom stereocenters. The summed E-state index contributed by atoms with van der Waals surface area (Å²) in [7, 11) is 0. The second-order valence-electron chi connectivity index (χ2n) is 4.78. The van der Waals surface area contributed by atoms with Crippen LogP contribution >= 0.6 is 0 Å². The number of hydrogen-bond acceptors (Lipinski definition) is 2. The highest BCUT2D eigenvalue weighted by molar-refractivity contribution is 5.51. The number of nitrogens with zero attached hydrogens (tertiary/aromatic N) is 1. The third-order valence-corrected chi connectivity index (χ3v) is 3.26. The lowest BCUT2D eigenvalue weighted by Gasteiger charge is -2.25. The maximum Gasteiger partial charge on any atom is 0.0991 e. The average Bonchev–Trinajstić information content (AvgIpc) is 2.37. The van der Waals surface area contributed by atoms with Gasteiger partial charge >= 0.3 is 0 Å². The summed E-state index contributed by atoms with van der Waals surface area (Å²) in [6.45, 7) is 3.42. The van der Waals surface area contributed by atoms with Crippen LogP contribution in [0.2, 0.25) is 0 Å². The Morgan fingerprint density at radius 3 is 2.76 bits per heavy atom. The molecule has 0 radical (unpaired) electrons. The molecule has 1 fully saturated rings. The van der Waals surface area contributed by atoms with Gasteiger partial charge in [0.2, 0.25) is 0 Å². The van der Waals surface area contributed by atoms with E-state index in [1.54, 1.807) is 0 Å². The highest BCUT2D eigenvalue weighted by atomic mass is 14.9. The summed E-state index contributed by atoms with van der Waals surface area (Å²) in [6, 6.07) is 10.3. The van der Waals surface area contributed by atoms with Crippen LogP contribution in [-0.2, 0) is 0 Å². The van der Waals surface area contributed by atoms with Gasteiger partial charge in [-0.2, -0.15) is 5.26 Å². The second-order valence-corrected chi connectivity index (χ2v) is 4.78. The van der Waals surface area contributed by atoms with E-state index in [0.717, 1.165) is 18.0 Å². The first-order chi connectivity index (χ1) is 8.28. The molecule has 1 aliphatic heterocycles. The van der Waals surface area contributed by atoms with Crippen LogP contribution in [0.4, 0.5) is 0 Å². The topological polar surface area (TPSA) is 35.8 Å². The molecule has 0 aliphatic carbocycles. The molecule has 0 saturated carbocycles. The largest absolute Gasteiger partial charge is 0.310 e. The third-order valence-electron chi connectivity index (χ3n) is 3.26. The molecule has 0 aromatic heterocycles. The van der Waals surface area contributed by atoms with Gasteiger partial charge in [-0.15, -0.1) is 0 Å². The Bertz CT molecular complexity index is 425. The minimum Gasteiger partial charge on any atom is -0.310 e. The minimum atomic E-state index is 0.495. The van der Waals surface area contributed by atoms with Gasteiger partial charge in [0.15, 0.2) is 0 Å². The van der Waals surface area contributed by atoms with Crippen LogP contribution in [0.3, 0.4) is 0 Å². The first kappa shape index (κ1) is 11.9. The van der Waals surface area contributed by atoms with Gasteiger partial charge in [0.1, 0.15) is 0 Å². The van der Waals surface area contributed by atoms with E-state index in [4.69, 9.17) is 5.26 Å². The van der Waals surface area contributed by atoms with Gasteiger partial charge in [-0.1, -0.05) is 31.2 Å². The summed E-state index contributed by atoms with van der Waals surface area (Å²) in [5.74, 6) is 0.812. The fraction of sp³-hybridized carbons (Fsp3) is 0.400. The van der Waals surface area contributed by atoms with Crippen molar-refractivity contribution in [2.45, 2.75) is 25.8 Å². The van der Waals surface area contributed by atoms with Gasteiger partial charge in [-0.3, -0.25) is 0 Å². The normalized spacial score (nSPS) is 24.7. The van der Waals surface area contributed by atoms with Crippen molar-refractivity contribution >= 4 is 6.08 Å². The predicted octanol–water partition coefficient (Wildman–Crippen LogP) is 2.96. The summed E-state index contributed by atoms with van der Waals surface area (Å²) in [6.07, 6.45) is 6.86. The number of benzene rings is 1. The summed E-state index contributed by atoms with van der Waals surface area (Å²) in [5.41, 5.74) is 1.87. The molecule has 17 heavy (non-hydrogen) atoms. The maximum absolute atomic E-state index is 8.71. The molecular weight excluding hydrogens is 208 g/mol. The van der Waals surface area contributed by atoms with Crippen molar-refractivity contribution in [1.82, 2.24) is 5.32 Å². The Balaban J connectivity index is 1.97. The Hall–Kier alpha value is -1.59. The van der Waals surface area contributed by atoms with Crippen molar-refractivity contribution < 1.29 is 0 Å². The first-order valence-electron chi connectivity index (χ1n) is 6.19. The van der Waals surface area contributed by atoms with Gasteiger partial charge in [-0.25, -0.2) is 0 Å². The molecule has 1 aromatic carbocycles. The standard InChI is InChI=1S/C15H18N2/c1-12-8-9-17-15(10-12)7-6-13-2-4-14(11-16)5-3-13/h2-7,12,15,17H,8-10H2,1H3/b7-6+. The number of rotatable bonds is 2. The van der Waals surface area contributed by atoms with Gasteiger partial charge in [0.05, 0.1) is 11.6 Å². The number of piperidine rings is 1. The van der Waals surface area contributed by atoms with Gasteiger partial charge in [0, 0.05) is 6.04 Å². The molecule has 88 valence electrons. The van der Waals surface area contributed by atoms with E-state index < -0.39 is 0 Å². The maximum atomic E-state index is 8.71. The van der Waals surface area contributed by atoms with E-state index in [1.807, 2.05) is 24.3 Å². The SMILES string of the molecule is CC1CCNC(/C=C/c2ccc(C#N)cc2)C1. The number of nitrogens with one attached hydrogen (secondary N) is 1. The Morgan fingerprint density at radius 1 is 1.35 bits per heavy atom. The highest BCUT2D eigenvalue weighted by Gasteiger charge is 2.15. The molecule has 0 bridgehead atoms.